The van der Waals surface area contributed by atoms with Gasteiger partial charge in [-0.2, -0.15) is 4.98 Å². The van der Waals surface area contributed by atoms with Crippen LogP contribution in [0.3, 0.4) is 0 Å². The molecule has 0 spiro atoms. The maximum atomic E-state index is 13.5. The number of aromatic nitrogens is 2. The Morgan fingerprint density at radius 3 is 2.54 bits per heavy atom. The summed E-state index contributed by atoms with van der Waals surface area (Å²) in [7, 11) is 0. The lowest BCUT2D eigenvalue weighted by Crippen LogP contribution is -2.46. The highest BCUT2D eigenvalue weighted by Crippen LogP contribution is 2.40. The minimum Gasteiger partial charge on any atom is -0.334 e. The van der Waals surface area contributed by atoms with E-state index in [0.717, 1.165) is 48.2 Å². The fourth-order valence-electron chi connectivity index (χ4n) is 5.27. The maximum absolute atomic E-state index is 13.5. The number of hydrogen-bond acceptors (Lipinski definition) is 4. The summed E-state index contributed by atoms with van der Waals surface area (Å²) >= 11 is 0. The molecule has 7 heteroatoms. The summed E-state index contributed by atoms with van der Waals surface area (Å²) in [4.78, 5) is 19.9. The summed E-state index contributed by atoms with van der Waals surface area (Å²) in [5, 5.41) is 7.35. The van der Waals surface area contributed by atoms with Gasteiger partial charge in [-0.25, -0.2) is 9.18 Å². The van der Waals surface area contributed by atoms with Crippen LogP contribution in [0.1, 0.15) is 54.5 Å². The van der Waals surface area contributed by atoms with E-state index in [0.29, 0.717) is 17.3 Å². The lowest BCUT2D eigenvalue weighted by Gasteiger charge is -2.35. The van der Waals surface area contributed by atoms with Crippen molar-refractivity contribution in [1.29, 1.82) is 0 Å². The molecule has 4 aromatic rings. The van der Waals surface area contributed by atoms with E-state index in [1.165, 1.54) is 28.8 Å². The number of amides is 2. The zero-order chi connectivity index (χ0) is 25.5. The first-order chi connectivity index (χ1) is 18.0. The Bertz CT molecular complexity index is 1510. The SMILES string of the molecule is CCc1ccc(C2NC(=O)N(c3ccc4c(c3)CCC4)C(C)=C2c2nc(-c3ccc(F)cc3)no2)cc1. The average molecular weight is 495 g/mol. The second-order valence-electron chi connectivity index (χ2n) is 9.55. The minimum atomic E-state index is -0.467. The number of carbonyl (C=O) groups excluding carboxylic acids is 1. The van der Waals surface area contributed by atoms with Crippen LogP contribution in [0.2, 0.25) is 0 Å². The Morgan fingerprint density at radius 1 is 1.03 bits per heavy atom. The van der Waals surface area contributed by atoms with Crippen molar-refractivity contribution in [1.82, 2.24) is 15.5 Å². The molecule has 0 saturated heterocycles. The second-order valence-corrected chi connectivity index (χ2v) is 9.55. The molecule has 1 aliphatic carbocycles. The minimum absolute atomic E-state index is 0.206. The Hall–Kier alpha value is -4.26. The molecule has 1 N–H and O–H groups in total. The first-order valence-electron chi connectivity index (χ1n) is 12.6. The largest absolute Gasteiger partial charge is 0.334 e. The van der Waals surface area contributed by atoms with Gasteiger partial charge < -0.3 is 9.84 Å². The quantitative estimate of drug-likeness (QED) is 0.338. The predicted molar refractivity (Wildman–Crippen MR) is 140 cm³/mol. The molecule has 0 saturated carbocycles. The van der Waals surface area contributed by atoms with Crippen molar-refractivity contribution >= 4 is 17.3 Å². The number of halogens is 1. The van der Waals surface area contributed by atoms with Gasteiger partial charge in [0.15, 0.2) is 0 Å². The number of urea groups is 1. The van der Waals surface area contributed by atoms with Crippen LogP contribution in [-0.2, 0) is 19.3 Å². The average Bonchev–Trinajstić information content (AvgIpc) is 3.59. The van der Waals surface area contributed by atoms with Gasteiger partial charge in [-0.3, -0.25) is 4.90 Å². The van der Waals surface area contributed by atoms with Crippen molar-refractivity contribution in [2.45, 2.75) is 45.6 Å². The Kier molecular flexibility index (Phi) is 5.83. The van der Waals surface area contributed by atoms with Gasteiger partial charge in [0.1, 0.15) is 5.82 Å². The van der Waals surface area contributed by atoms with Crippen LogP contribution in [0.4, 0.5) is 14.9 Å². The third kappa shape index (κ3) is 4.20. The van der Waals surface area contributed by atoms with Crippen LogP contribution in [0, 0.1) is 5.82 Å². The summed E-state index contributed by atoms with van der Waals surface area (Å²) in [5.41, 5.74) is 7.68. The van der Waals surface area contributed by atoms with Crippen molar-refractivity contribution in [2.75, 3.05) is 4.90 Å². The van der Waals surface area contributed by atoms with Crippen molar-refractivity contribution in [3.63, 3.8) is 0 Å². The molecule has 186 valence electrons. The summed E-state index contributed by atoms with van der Waals surface area (Å²) in [6, 6.07) is 19.7. The van der Waals surface area contributed by atoms with E-state index in [4.69, 9.17) is 4.52 Å². The van der Waals surface area contributed by atoms with E-state index in [1.54, 1.807) is 17.0 Å². The Balaban J connectivity index is 1.47. The lowest BCUT2D eigenvalue weighted by atomic mass is 9.93. The number of fused-ring (bicyclic) bond motifs is 1. The summed E-state index contributed by atoms with van der Waals surface area (Å²) in [6.07, 6.45) is 4.15. The number of carbonyl (C=O) groups is 1. The highest BCUT2D eigenvalue weighted by molar-refractivity contribution is 6.01. The van der Waals surface area contributed by atoms with Crippen LogP contribution in [-0.4, -0.2) is 16.2 Å². The van der Waals surface area contributed by atoms with Gasteiger partial charge >= 0.3 is 6.03 Å². The number of allylic oxidation sites excluding steroid dienone is 1. The normalized spacial score (nSPS) is 17.2. The molecule has 1 atom stereocenters. The number of anilines is 1. The molecule has 2 aliphatic rings. The molecule has 6 nitrogen and oxygen atoms in total. The molecule has 1 aromatic heterocycles. The molecule has 2 heterocycles. The standard InChI is InChI=1S/C30H27FN4O2/c1-3-19-7-9-21(10-8-19)27-26(29-33-28(34-37-29)22-11-14-24(31)15-12-22)18(2)35(30(36)32-27)25-16-13-20-5-4-6-23(20)17-25/h7-17,27H,3-6H2,1-2H3,(H,32,36). The topological polar surface area (TPSA) is 71.3 Å². The molecular formula is C30H27FN4O2. The lowest BCUT2D eigenvalue weighted by molar-refractivity contribution is 0.244. The third-order valence-electron chi connectivity index (χ3n) is 7.31. The van der Waals surface area contributed by atoms with E-state index < -0.39 is 6.04 Å². The zero-order valence-corrected chi connectivity index (χ0v) is 20.8. The van der Waals surface area contributed by atoms with Crippen LogP contribution in [0.25, 0.3) is 17.0 Å². The third-order valence-corrected chi connectivity index (χ3v) is 7.31. The molecule has 2 amide bonds. The highest BCUT2D eigenvalue weighted by Gasteiger charge is 2.36. The summed E-state index contributed by atoms with van der Waals surface area (Å²) in [5.74, 6) is 0.338. The molecule has 1 aliphatic heterocycles. The van der Waals surface area contributed by atoms with E-state index in [9.17, 15) is 9.18 Å². The number of aryl methyl sites for hydroxylation is 3. The number of nitrogens with one attached hydrogen (secondary N) is 1. The first kappa shape index (κ1) is 23.2. The molecule has 1 unspecified atom stereocenters. The number of hydrogen-bond donors (Lipinski definition) is 1. The molecule has 0 bridgehead atoms. The van der Waals surface area contributed by atoms with Gasteiger partial charge in [0.2, 0.25) is 5.82 Å². The van der Waals surface area contributed by atoms with E-state index in [1.807, 2.05) is 25.1 Å². The smallest absolute Gasteiger partial charge is 0.326 e. The van der Waals surface area contributed by atoms with Gasteiger partial charge in [-0.05, 0) is 91.3 Å². The number of benzene rings is 3. The fourth-order valence-corrected chi connectivity index (χ4v) is 5.27. The molecular weight excluding hydrogens is 467 g/mol. The number of rotatable bonds is 5. The first-order valence-corrected chi connectivity index (χ1v) is 12.6. The van der Waals surface area contributed by atoms with Crippen molar-refractivity contribution in [3.8, 4) is 11.4 Å². The highest BCUT2D eigenvalue weighted by atomic mass is 19.1. The molecule has 0 fully saturated rings. The fraction of sp³-hybridized carbons (Fsp3) is 0.233. The summed E-state index contributed by atoms with van der Waals surface area (Å²) in [6.45, 7) is 4.02. The molecule has 6 rings (SSSR count). The van der Waals surface area contributed by atoms with Crippen LogP contribution in [0.5, 0.6) is 0 Å². The van der Waals surface area contributed by atoms with E-state index in [-0.39, 0.29) is 11.8 Å². The Labute approximate surface area is 214 Å². The maximum Gasteiger partial charge on any atom is 0.326 e. The van der Waals surface area contributed by atoms with Gasteiger partial charge in [-0.15, -0.1) is 0 Å². The van der Waals surface area contributed by atoms with Crippen LogP contribution >= 0.6 is 0 Å². The predicted octanol–water partition coefficient (Wildman–Crippen LogP) is 6.63. The van der Waals surface area contributed by atoms with E-state index >= 15 is 0 Å². The molecule has 0 radical (unpaired) electrons. The van der Waals surface area contributed by atoms with Crippen LogP contribution < -0.4 is 10.2 Å². The van der Waals surface area contributed by atoms with Gasteiger partial charge in [0, 0.05) is 11.3 Å². The monoisotopic (exact) mass is 494 g/mol. The van der Waals surface area contributed by atoms with Gasteiger partial charge in [0.05, 0.1) is 17.3 Å². The van der Waals surface area contributed by atoms with Gasteiger partial charge in [-0.1, -0.05) is 42.4 Å². The van der Waals surface area contributed by atoms with Gasteiger partial charge in [0.25, 0.3) is 5.89 Å². The number of nitrogens with zero attached hydrogens (tertiary/aromatic N) is 3. The zero-order valence-electron chi connectivity index (χ0n) is 20.8. The van der Waals surface area contributed by atoms with E-state index in [2.05, 4.69) is 46.6 Å². The molecule has 37 heavy (non-hydrogen) atoms. The van der Waals surface area contributed by atoms with Crippen LogP contribution in [0.15, 0.2) is 77.0 Å². The Morgan fingerprint density at radius 2 is 1.78 bits per heavy atom. The van der Waals surface area contributed by atoms with Crippen molar-refractivity contribution < 1.29 is 13.7 Å². The second kappa shape index (κ2) is 9.32. The van der Waals surface area contributed by atoms with Crippen molar-refractivity contribution in [3.05, 3.63) is 106 Å². The molecule has 3 aromatic carbocycles. The summed E-state index contributed by atoms with van der Waals surface area (Å²) < 4.78 is 19.2. The van der Waals surface area contributed by atoms with Crippen molar-refractivity contribution in [2.24, 2.45) is 0 Å².